The maximum Gasteiger partial charge on any atom is 0.259 e. The molecule has 2 fully saturated rings. The Morgan fingerprint density at radius 1 is 1.03 bits per heavy atom. The molecular formula is C22H27ClN4O4. The highest BCUT2D eigenvalue weighted by Gasteiger charge is 2.33. The van der Waals surface area contributed by atoms with Gasteiger partial charge in [0.05, 0.1) is 24.3 Å². The van der Waals surface area contributed by atoms with Crippen molar-refractivity contribution in [3.05, 3.63) is 40.6 Å². The molecule has 1 aromatic carbocycles. The predicted octanol–water partition coefficient (Wildman–Crippen LogP) is 2.31. The Kier molecular flexibility index (Phi) is 6.60. The summed E-state index contributed by atoms with van der Waals surface area (Å²) in [5.74, 6) is 0.470. The molecule has 0 saturated carbocycles. The zero-order valence-corrected chi connectivity index (χ0v) is 18.6. The molecule has 2 aliphatic rings. The lowest BCUT2D eigenvalue weighted by Gasteiger charge is -2.39. The molecule has 2 aromatic rings. The average Bonchev–Trinajstić information content (AvgIpc) is 3.19. The van der Waals surface area contributed by atoms with Crippen molar-refractivity contribution in [1.29, 1.82) is 0 Å². The van der Waals surface area contributed by atoms with Gasteiger partial charge in [-0.1, -0.05) is 35.0 Å². The molecule has 1 unspecified atom stereocenters. The summed E-state index contributed by atoms with van der Waals surface area (Å²) in [7, 11) is 0. The van der Waals surface area contributed by atoms with Crippen LogP contribution in [-0.4, -0.2) is 90.2 Å². The first-order chi connectivity index (χ1) is 15.0. The fraction of sp³-hybridized carbons (Fsp3) is 0.500. The summed E-state index contributed by atoms with van der Waals surface area (Å²) >= 11 is 6.32. The Labute approximate surface area is 186 Å². The fourth-order valence-electron chi connectivity index (χ4n) is 4.14. The van der Waals surface area contributed by atoms with Crippen molar-refractivity contribution in [3.8, 4) is 11.3 Å². The lowest BCUT2D eigenvalue weighted by Crippen LogP contribution is -2.56. The molecule has 9 heteroatoms. The van der Waals surface area contributed by atoms with E-state index >= 15 is 0 Å². The van der Waals surface area contributed by atoms with E-state index in [1.54, 1.807) is 17.9 Å². The standard InChI is InChI=1S/C22H27ClN4O4/c1-15(21(28)27-11-13-30-14-12-27)25-7-9-26(10-8-25)22(29)19-16(2)31-24-20(19)17-5-3-4-6-18(17)23/h3-6,15H,7-14H2,1-2H3. The second-order valence-electron chi connectivity index (χ2n) is 7.88. The number of hydrogen-bond acceptors (Lipinski definition) is 6. The van der Waals surface area contributed by atoms with Crippen molar-refractivity contribution in [2.45, 2.75) is 19.9 Å². The van der Waals surface area contributed by atoms with Crippen LogP contribution in [0.1, 0.15) is 23.0 Å². The smallest absolute Gasteiger partial charge is 0.259 e. The highest BCUT2D eigenvalue weighted by Crippen LogP contribution is 2.32. The van der Waals surface area contributed by atoms with Crippen molar-refractivity contribution < 1.29 is 18.8 Å². The zero-order chi connectivity index (χ0) is 22.0. The molecule has 1 atom stereocenters. The summed E-state index contributed by atoms with van der Waals surface area (Å²) in [5.41, 5.74) is 1.58. The number of aryl methyl sites for hydroxylation is 1. The topological polar surface area (TPSA) is 79.1 Å². The normalized spacial score (nSPS) is 18.8. The van der Waals surface area contributed by atoms with Crippen LogP contribution in [0.2, 0.25) is 5.02 Å². The third kappa shape index (κ3) is 4.46. The Balaban J connectivity index is 1.43. The van der Waals surface area contributed by atoms with Crippen LogP contribution < -0.4 is 0 Å². The minimum Gasteiger partial charge on any atom is -0.378 e. The van der Waals surface area contributed by atoms with E-state index in [2.05, 4.69) is 10.1 Å². The molecule has 166 valence electrons. The minimum atomic E-state index is -0.216. The molecule has 2 saturated heterocycles. The summed E-state index contributed by atoms with van der Waals surface area (Å²) in [5, 5.41) is 4.62. The van der Waals surface area contributed by atoms with Crippen molar-refractivity contribution in [2.24, 2.45) is 0 Å². The van der Waals surface area contributed by atoms with Gasteiger partial charge in [-0.25, -0.2) is 0 Å². The Hall–Kier alpha value is -2.42. The molecule has 0 aliphatic carbocycles. The Morgan fingerprint density at radius 2 is 1.71 bits per heavy atom. The average molecular weight is 447 g/mol. The molecule has 0 radical (unpaired) electrons. The van der Waals surface area contributed by atoms with Crippen LogP contribution in [0.25, 0.3) is 11.3 Å². The number of morpholine rings is 1. The van der Waals surface area contributed by atoms with E-state index < -0.39 is 0 Å². The van der Waals surface area contributed by atoms with Gasteiger partial charge >= 0.3 is 0 Å². The van der Waals surface area contributed by atoms with E-state index in [0.717, 1.165) is 0 Å². The quantitative estimate of drug-likeness (QED) is 0.717. The van der Waals surface area contributed by atoms with Crippen LogP contribution in [0.3, 0.4) is 0 Å². The van der Waals surface area contributed by atoms with E-state index in [0.29, 0.717) is 80.1 Å². The number of aromatic nitrogens is 1. The van der Waals surface area contributed by atoms with Crippen molar-refractivity contribution >= 4 is 23.4 Å². The van der Waals surface area contributed by atoms with Gasteiger partial charge in [-0.2, -0.15) is 0 Å². The second-order valence-corrected chi connectivity index (χ2v) is 8.29. The monoisotopic (exact) mass is 446 g/mol. The molecule has 0 bridgehead atoms. The first kappa shape index (κ1) is 21.8. The van der Waals surface area contributed by atoms with Gasteiger partial charge in [-0.3, -0.25) is 14.5 Å². The molecule has 31 heavy (non-hydrogen) atoms. The van der Waals surface area contributed by atoms with Gasteiger partial charge in [0.15, 0.2) is 0 Å². The SMILES string of the molecule is Cc1onc(-c2ccccc2Cl)c1C(=O)N1CCN(C(C)C(=O)N2CCOCC2)CC1. The Morgan fingerprint density at radius 3 is 2.39 bits per heavy atom. The molecule has 0 spiro atoms. The number of benzene rings is 1. The first-order valence-corrected chi connectivity index (χ1v) is 11.0. The summed E-state index contributed by atoms with van der Waals surface area (Å²) in [6.45, 7) is 8.47. The summed E-state index contributed by atoms with van der Waals surface area (Å²) in [4.78, 5) is 31.9. The minimum absolute atomic E-state index is 0.124. The van der Waals surface area contributed by atoms with E-state index in [1.165, 1.54) is 0 Å². The lowest BCUT2D eigenvalue weighted by molar-refractivity contribution is -0.141. The van der Waals surface area contributed by atoms with Crippen LogP contribution >= 0.6 is 11.6 Å². The van der Waals surface area contributed by atoms with Gasteiger partial charge in [0.2, 0.25) is 5.91 Å². The van der Waals surface area contributed by atoms with Crippen LogP contribution in [0.5, 0.6) is 0 Å². The molecule has 4 rings (SSSR count). The number of rotatable bonds is 4. The van der Waals surface area contributed by atoms with Gasteiger partial charge in [0.1, 0.15) is 17.0 Å². The maximum atomic E-state index is 13.3. The summed E-state index contributed by atoms with van der Waals surface area (Å²) in [6.07, 6.45) is 0. The molecule has 3 heterocycles. The van der Waals surface area contributed by atoms with Gasteiger partial charge in [0.25, 0.3) is 5.91 Å². The maximum absolute atomic E-state index is 13.3. The second kappa shape index (κ2) is 9.38. The van der Waals surface area contributed by atoms with E-state index in [4.69, 9.17) is 20.9 Å². The van der Waals surface area contributed by atoms with E-state index in [1.807, 2.05) is 30.0 Å². The predicted molar refractivity (Wildman–Crippen MR) is 116 cm³/mol. The molecule has 1 aromatic heterocycles. The van der Waals surface area contributed by atoms with Crippen molar-refractivity contribution in [2.75, 3.05) is 52.5 Å². The van der Waals surface area contributed by atoms with Crippen LogP contribution in [0.15, 0.2) is 28.8 Å². The van der Waals surface area contributed by atoms with Crippen molar-refractivity contribution in [1.82, 2.24) is 19.9 Å². The van der Waals surface area contributed by atoms with Crippen molar-refractivity contribution in [3.63, 3.8) is 0 Å². The number of hydrogen-bond donors (Lipinski definition) is 0. The van der Waals surface area contributed by atoms with Crippen LogP contribution in [0, 0.1) is 6.92 Å². The van der Waals surface area contributed by atoms with E-state index in [-0.39, 0.29) is 17.9 Å². The number of nitrogens with zero attached hydrogens (tertiary/aromatic N) is 4. The number of piperazine rings is 1. The number of ether oxygens (including phenoxy) is 1. The molecule has 2 amide bonds. The highest BCUT2D eigenvalue weighted by atomic mass is 35.5. The van der Waals surface area contributed by atoms with Gasteiger partial charge < -0.3 is 19.1 Å². The first-order valence-electron chi connectivity index (χ1n) is 10.6. The molecular weight excluding hydrogens is 420 g/mol. The van der Waals surface area contributed by atoms with Crippen LogP contribution in [0.4, 0.5) is 0 Å². The third-order valence-electron chi connectivity index (χ3n) is 6.03. The Bertz CT molecular complexity index is 949. The summed E-state index contributed by atoms with van der Waals surface area (Å²) in [6, 6.07) is 7.06. The zero-order valence-electron chi connectivity index (χ0n) is 17.8. The number of amides is 2. The largest absolute Gasteiger partial charge is 0.378 e. The van der Waals surface area contributed by atoms with E-state index in [9.17, 15) is 9.59 Å². The molecule has 0 N–H and O–H groups in total. The van der Waals surface area contributed by atoms with Gasteiger partial charge in [-0.15, -0.1) is 0 Å². The third-order valence-corrected chi connectivity index (χ3v) is 6.36. The van der Waals surface area contributed by atoms with Crippen LogP contribution in [-0.2, 0) is 9.53 Å². The van der Waals surface area contributed by atoms with Gasteiger partial charge in [-0.05, 0) is 19.9 Å². The number of halogens is 1. The molecule has 8 nitrogen and oxygen atoms in total. The highest BCUT2D eigenvalue weighted by molar-refractivity contribution is 6.33. The number of carbonyl (C=O) groups excluding carboxylic acids is 2. The fourth-order valence-corrected chi connectivity index (χ4v) is 4.36. The number of carbonyl (C=O) groups is 2. The molecule has 2 aliphatic heterocycles. The summed E-state index contributed by atoms with van der Waals surface area (Å²) < 4.78 is 10.7. The van der Waals surface area contributed by atoms with Gasteiger partial charge in [0, 0.05) is 44.8 Å². The lowest BCUT2D eigenvalue weighted by atomic mass is 10.0.